The number of nitrogen functional groups attached to an aromatic ring is 2. The molecule has 2 aromatic rings. The number of ether oxygens (including phenoxy) is 1. The van der Waals surface area contributed by atoms with Crippen LogP contribution in [0.1, 0.15) is 11.3 Å². The predicted octanol–water partition coefficient (Wildman–Crippen LogP) is 0.959. The fourth-order valence-electron chi connectivity index (χ4n) is 4.11. The minimum Gasteiger partial charge on any atom is -0.394 e. The predicted molar refractivity (Wildman–Crippen MR) is 127 cm³/mol. The van der Waals surface area contributed by atoms with Gasteiger partial charge in [-0.2, -0.15) is 4.98 Å². The van der Waals surface area contributed by atoms with Gasteiger partial charge in [0.2, 0.25) is 5.95 Å². The number of piperazine rings is 1. The maximum absolute atomic E-state index is 6.10. The summed E-state index contributed by atoms with van der Waals surface area (Å²) >= 11 is 0. The van der Waals surface area contributed by atoms with Crippen LogP contribution < -0.4 is 21.3 Å². The highest BCUT2D eigenvalue weighted by Crippen LogP contribution is 2.27. The molecule has 10 heteroatoms. The number of aromatic nitrogens is 2. The monoisotopic (exact) mass is 440 g/mol. The van der Waals surface area contributed by atoms with Crippen LogP contribution in [-0.4, -0.2) is 86.7 Å². The molecule has 1 aromatic heterocycles. The summed E-state index contributed by atoms with van der Waals surface area (Å²) in [5, 5.41) is 4.10. The van der Waals surface area contributed by atoms with Crippen molar-refractivity contribution in [3.63, 3.8) is 0 Å². The summed E-state index contributed by atoms with van der Waals surface area (Å²) in [6.45, 7) is 10.4. The molecular weight excluding hydrogens is 408 g/mol. The van der Waals surface area contributed by atoms with Crippen molar-refractivity contribution in [2.45, 2.75) is 6.92 Å². The molecule has 10 nitrogen and oxygen atoms in total. The van der Waals surface area contributed by atoms with E-state index in [0.29, 0.717) is 12.4 Å². The Morgan fingerprint density at radius 1 is 1.00 bits per heavy atom. The van der Waals surface area contributed by atoms with Gasteiger partial charge in [-0.1, -0.05) is 17.3 Å². The fraction of sp³-hybridized carbons (Fsp3) is 0.500. The van der Waals surface area contributed by atoms with E-state index in [9.17, 15) is 0 Å². The lowest BCUT2D eigenvalue weighted by molar-refractivity contribution is 0.0214. The first kappa shape index (κ1) is 22.1. The normalized spacial score (nSPS) is 17.8. The zero-order chi connectivity index (χ0) is 22.3. The van der Waals surface area contributed by atoms with Gasteiger partial charge < -0.3 is 30.8 Å². The minimum absolute atomic E-state index is 0.216. The second-order valence-corrected chi connectivity index (χ2v) is 7.99. The summed E-state index contributed by atoms with van der Waals surface area (Å²) in [5.74, 6) is 0.660. The number of oxime groups is 1. The number of aryl methyl sites for hydroxylation is 1. The van der Waals surface area contributed by atoms with E-state index in [1.165, 1.54) is 5.69 Å². The topological polar surface area (TPSA) is 118 Å². The average molecular weight is 441 g/mol. The van der Waals surface area contributed by atoms with Crippen LogP contribution in [0.4, 0.5) is 23.1 Å². The van der Waals surface area contributed by atoms with Gasteiger partial charge >= 0.3 is 0 Å². The van der Waals surface area contributed by atoms with Crippen molar-refractivity contribution < 1.29 is 9.57 Å². The quantitative estimate of drug-likeness (QED) is 0.369. The summed E-state index contributed by atoms with van der Waals surface area (Å²) in [7, 11) is 0. The molecule has 172 valence electrons. The van der Waals surface area contributed by atoms with E-state index in [1.807, 2.05) is 6.92 Å². The van der Waals surface area contributed by atoms with Crippen LogP contribution in [0.5, 0.6) is 0 Å². The number of benzene rings is 1. The van der Waals surface area contributed by atoms with Crippen molar-refractivity contribution in [2.24, 2.45) is 5.16 Å². The highest BCUT2D eigenvalue weighted by atomic mass is 16.6. The van der Waals surface area contributed by atoms with E-state index in [4.69, 9.17) is 21.0 Å². The van der Waals surface area contributed by atoms with Crippen molar-refractivity contribution in [3.8, 4) is 0 Å². The van der Waals surface area contributed by atoms with Gasteiger partial charge in [0.1, 0.15) is 12.3 Å². The largest absolute Gasteiger partial charge is 0.394 e. The maximum Gasteiger partial charge on any atom is 0.222 e. The Morgan fingerprint density at radius 2 is 1.69 bits per heavy atom. The minimum atomic E-state index is 0.216. The lowest BCUT2D eigenvalue weighted by Gasteiger charge is -2.38. The standard InChI is InChI=1S/C22H32N8O2/c1-17-20(21(23)27-22(24)26-17)30-8-6-29(7-9-30)19-4-2-18(3-5-19)16-25-32-15-12-28-10-13-31-14-11-28/h2-5,16H,6-15H2,1H3,(H4,23,24,26,27)/b25-16+. The lowest BCUT2D eigenvalue weighted by atomic mass is 10.2. The van der Waals surface area contributed by atoms with E-state index in [-0.39, 0.29) is 5.95 Å². The van der Waals surface area contributed by atoms with Crippen LogP contribution in [0, 0.1) is 6.92 Å². The van der Waals surface area contributed by atoms with Gasteiger partial charge in [-0.3, -0.25) is 4.90 Å². The van der Waals surface area contributed by atoms with E-state index in [0.717, 1.165) is 76.0 Å². The molecule has 0 unspecified atom stereocenters. The van der Waals surface area contributed by atoms with Crippen molar-refractivity contribution in [3.05, 3.63) is 35.5 Å². The van der Waals surface area contributed by atoms with E-state index in [1.54, 1.807) is 6.21 Å². The SMILES string of the molecule is Cc1nc(N)nc(N)c1N1CCN(c2ccc(/C=N/OCCN3CCOCC3)cc2)CC1. The molecule has 4 N–H and O–H groups in total. The Hall–Kier alpha value is -3.11. The number of hydrogen-bond acceptors (Lipinski definition) is 10. The van der Waals surface area contributed by atoms with Crippen LogP contribution in [-0.2, 0) is 9.57 Å². The first-order valence-corrected chi connectivity index (χ1v) is 11.0. The van der Waals surface area contributed by atoms with Crippen LogP contribution in [0.3, 0.4) is 0 Å². The fourth-order valence-corrected chi connectivity index (χ4v) is 4.11. The molecule has 2 aliphatic rings. The molecule has 0 aliphatic carbocycles. The third kappa shape index (κ3) is 5.57. The van der Waals surface area contributed by atoms with Crippen molar-refractivity contribution in [2.75, 3.05) is 86.9 Å². The van der Waals surface area contributed by atoms with Gasteiger partial charge in [-0.15, -0.1) is 0 Å². The second-order valence-electron chi connectivity index (χ2n) is 7.99. The first-order chi connectivity index (χ1) is 15.6. The van der Waals surface area contributed by atoms with Crippen LogP contribution in [0.2, 0.25) is 0 Å². The molecule has 0 saturated carbocycles. The summed E-state index contributed by atoms with van der Waals surface area (Å²) in [5.41, 5.74) is 15.7. The average Bonchev–Trinajstić information content (AvgIpc) is 2.80. The van der Waals surface area contributed by atoms with Crippen LogP contribution in [0.25, 0.3) is 0 Å². The summed E-state index contributed by atoms with van der Waals surface area (Å²) in [6.07, 6.45) is 1.76. The Bertz CT molecular complexity index is 884. The summed E-state index contributed by atoms with van der Waals surface area (Å²) in [6, 6.07) is 8.37. The molecule has 32 heavy (non-hydrogen) atoms. The van der Waals surface area contributed by atoms with E-state index in [2.05, 4.69) is 54.1 Å². The van der Waals surface area contributed by atoms with Gasteiger partial charge in [0.05, 0.1) is 25.1 Å². The molecule has 1 aromatic carbocycles. The summed E-state index contributed by atoms with van der Waals surface area (Å²) in [4.78, 5) is 20.7. The van der Waals surface area contributed by atoms with Gasteiger partial charge in [-0.05, 0) is 24.6 Å². The van der Waals surface area contributed by atoms with Gasteiger partial charge in [0.25, 0.3) is 0 Å². The zero-order valence-electron chi connectivity index (χ0n) is 18.6. The molecule has 2 fully saturated rings. The number of anilines is 4. The van der Waals surface area contributed by atoms with E-state index >= 15 is 0 Å². The number of morpholine rings is 1. The molecule has 2 aliphatic heterocycles. The van der Waals surface area contributed by atoms with Crippen molar-refractivity contribution >= 4 is 29.4 Å². The van der Waals surface area contributed by atoms with Crippen LogP contribution >= 0.6 is 0 Å². The second kappa shape index (κ2) is 10.5. The highest BCUT2D eigenvalue weighted by Gasteiger charge is 2.22. The van der Waals surface area contributed by atoms with E-state index < -0.39 is 0 Å². The Kier molecular flexibility index (Phi) is 7.23. The van der Waals surface area contributed by atoms with Gasteiger partial charge in [-0.25, -0.2) is 4.98 Å². The zero-order valence-corrected chi connectivity index (χ0v) is 18.6. The first-order valence-electron chi connectivity index (χ1n) is 11.0. The van der Waals surface area contributed by atoms with Gasteiger partial charge in [0, 0.05) is 51.5 Å². The number of rotatable bonds is 7. The molecule has 0 radical (unpaired) electrons. The number of hydrogen-bond donors (Lipinski definition) is 2. The third-order valence-electron chi connectivity index (χ3n) is 5.84. The van der Waals surface area contributed by atoms with Crippen LogP contribution in [0.15, 0.2) is 29.4 Å². The van der Waals surface area contributed by atoms with Gasteiger partial charge in [0.15, 0.2) is 5.82 Å². The maximum atomic E-state index is 6.10. The molecule has 0 spiro atoms. The lowest BCUT2D eigenvalue weighted by Crippen LogP contribution is -2.47. The molecule has 3 heterocycles. The molecule has 0 bridgehead atoms. The third-order valence-corrected chi connectivity index (χ3v) is 5.84. The molecule has 0 atom stereocenters. The molecule has 2 saturated heterocycles. The number of nitrogens with zero attached hydrogens (tertiary/aromatic N) is 6. The van der Waals surface area contributed by atoms with Crippen molar-refractivity contribution in [1.29, 1.82) is 0 Å². The molecule has 4 rings (SSSR count). The Labute approximate surface area is 188 Å². The number of nitrogens with two attached hydrogens (primary N) is 2. The highest BCUT2D eigenvalue weighted by molar-refractivity contribution is 5.80. The Balaban J connectivity index is 1.24. The Morgan fingerprint density at radius 3 is 2.38 bits per heavy atom. The molecular formula is C22H32N8O2. The molecule has 0 amide bonds. The smallest absolute Gasteiger partial charge is 0.222 e. The summed E-state index contributed by atoms with van der Waals surface area (Å²) < 4.78 is 5.35. The van der Waals surface area contributed by atoms with Crippen molar-refractivity contribution in [1.82, 2.24) is 14.9 Å².